The standard InChI is InChI=1S/C14H16N4O2/c1-9-2-3-10(6-13(9)18(19)20)12-7-16-14(17-12)8-15-11-4-5-11/h2-3,6-7,11,15H,4-5,8H2,1H3,(H,16,17). The zero-order valence-corrected chi connectivity index (χ0v) is 11.2. The first kappa shape index (κ1) is 12.8. The van der Waals surface area contributed by atoms with Gasteiger partial charge in [0, 0.05) is 23.2 Å². The van der Waals surface area contributed by atoms with Crippen LogP contribution < -0.4 is 5.32 Å². The maximum absolute atomic E-state index is 11.0. The van der Waals surface area contributed by atoms with Gasteiger partial charge in [0.05, 0.1) is 23.4 Å². The number of benzene rings is 1. The molecule has 1 aliphatic rings. The van der Waals surface area contributed by atoms with E-state index in [4.69, 9.17) is 0 Å². The zero-order valence-electron chi connectivity index (χ0n) is 11.2. The average Bonchev–Trinajstić information content (AvgIpc) is 3.14. The lowest BCUT2D eigenvalue weighted by Gasteiger charge is -2.01. The molecule has 0 aliphatic heterocycles. The Morgan fingerprint density at radius 1 is 1.50 bits per heavy atom. The van der Waals surface area contributed by atoms with Crippen LogP contribution in [0.15, 0.2) is 24.4 Å². The fourth-order valence-corrected chi connectivity index (χ4v) is 2.10. The summed E-state index contributed by atoms with van der Waals surface area (Å²) in [7, 11) is 0. The van der Waals surface area contributed by atoms with Crippen molar-refractivity contribution in [3.8, 4) is 11.3 Å². The van der Waals surface area contributed by atoms with Crippen LogP contribution in [0.5, 0.6) is 0 Å². The van der Waals surface area contributed by atoms with Crippen molar-refractivity contribution in [2.24, 2.45) is 0 Å². The van der Waals surface area contributed by atoms with Gasteiger partial charge in [0.15, 0.2) is 0 Å². The third kappa shape index (κ3) is 2.70. The van der Waals surface area contributed by atoms with Gasteiger partial charge in [-0.3, -0.25) is 10.1 Å². The van der Waals surface area contributed by atoms with Gasteiger partial charge in [-0.25, -0.2) is 4.98 Å². The van der Waals surface area contributed by atoms with Crippen molar-refractivity contribution in [2.75, 3.05) is 0 Å². The molecule has 0 atom stereocenters. The predicted molar refractivity (Wildman–Crippen MR) is 75.3 cm³/mol. The molecular weight excluding hydrogens is 256 g/mol. The number of aromatic nitrogens is 2. The lowest BCUT2D eigenvalue weighted by Crippen LogP contribution is -2.16. The fourth-order valence-electron chi connectivity index (χ4n) is 2.10. The Balaban J connectivity index is 1.81. The van der Waals surface area contributed by atoms with E-state index in [-0.39, 0.29) is 10.6 Å². The van der Waals surface area contributed by atoms with Crippen molar-refractivity contribution in [1.82, 2.24) is 15.3 Å². The number of H-pyrrole nitrogens is 1. The number of aromatic amines is 1. The molecule has 104 valence electrons. The number of hydrogen-bond donors (Lipinski definition) is 2. The van der Waals surface area contributed by atoms with E-state index in [0.29, 0.717) is 18.2 Å². The third-order valence-electron chi connectivity index (χ3n) is 3.48. The van der Waals surface area contributed by atoms with Crippen LogP contribution in [0.3, 0.4) is 0 Å². The third-order valence-corrected chi connectivity index (χ3v) is 3.48. The highest BCUT2D eigenvalue weighted by molar-refractivity contribution is 5.63. The van der Waals surface area contributed by atoms with Gasteiger partial charge in [0.2, 0.25) is 0 Å². The summed E-state index contributed by atoms with van der Waals surface area (Å²) < 4.78 is 0. The number of nitro benzene ring substituents is 1. The molecule has 1 fully saturated rings. The van der Waals surface area contributed by atoms with E-state index in [0.717, 1.165) is 17.1 Å². The maximum atomic E-state index is 11.0. The summed E-state index contributed by atoms with van der Waals surface area (Å²) in [5.41, 5.74) is 2.39. The average molecular weight is 272 g/mol. The Bertz CT molecular complexity index is 646. The molecule has 1 saturated carbocycles. The highest BCUT2D eigenvalue weighted by Gasteiger charge is 2.20. The first-order valence-corrected chi connectivity index (χ1v) is 6.66. The number of rotatable bonds is 5. The Labute approximate surface area is 116 Å². The zero-order chi connectivity index (χ0) is 14.1. The molecule has 0 unspecified atom stereocenters. The van der Waals surface area contributed by atoms with Gasteiger partial charge in [0.1, 0.15) is 5.82 Å². The van der Waals surface area contributed by atoms with E-state index < -0.39 is 0 Å². The fraction of sp³-hybridized carbons (Fsp3) is 0.357. The Hall–Kier alpha value is -2.21. The monoisotopic (exact) mass is 272 g/mol. The predicted octanol–water partition coefficient (Wildman–Crippen LogP) is 2.55. The highest BCUT2D eigenvalue weighted by atomic mass is 16.6. The molecule has 6 nitrogen and oxygen atoms in total. The smallest absolute Gasteiger partial charge is 0.272 e. The number of imidazole rings is 1. The molecule has 1 heterocycles. The number of nitrogens with one attached hydrogen (secondary N) is 2. The second-order valence-electron chi connectivity index (χ2n) is 5.16. The largest absolute Gasteiger partial charge is 0.341 e. The second-order valence-corrected chi connectivity index (χ2v) is 5.16. The molecule has 2 aromatic rings. The molecule has 1 aliphatic carbocycles. The van der Waals surface area contributed by atoms with Crippen molar-refractivity contribution >= 4 is 5.69 Å². The molecule has 0 saturated heterocycles. The number of hydrogen-bond acceptors (Lipinski definition) is 4. The van der Waals surface area contributed by atoms with E-state index in [1.54, 1.807) is 25.3 Å². The van der Waals surface area contributed by atoms with Crippen LogP contribution in [-0.4, -0.2) is 20.9 Å². The Morgan fingerprint density at radius 3 is 3.00 bits per heavy atom. The van der Waals surface area contributed by atoms with E-state index in [1.807, 2.05) is 6.07 Å². The molecule has 20 heavy (non-hydrogen) atoms. The summed E-state index contributed by atoms with van der Waals surface area (Å²) in [5.74, 6) is 0.857. The van der Waals surface area contributed by atoms with Crippen molar-refractivity contribution in [1.29, 1.82) is 0 Å². The van der Waals surface area contributed by atoms with Crippen LogP contribution in [-0.2, 0) is 6.54 Å². The van der Waals surface area contributed by atoms with Crippen LogP contribution in [0.2, 0.25) is 0 Å². The minimum absolute atomic E-state index is 0.134. The van der Waals surface area contributed by atoms with E-state index in [2.05, 4.69) is 15.3 Å². The topological polar surface area (TPSA) is 83.8 Å². The quantitative estimate of drug-likeness (QED) is 0.647. The van der Waals surface area contributed by atoms with Crippen LogP contribution in [0.4, 0.5) is 5.69 Å². The van der Waals surface area contributed by atoms with Crippen LogP contribution in [0.25, 0.3) is 11.3 Å². The lowest BCUT2D eigenvalue weighted by atomic mass is 10.1. The van der Waals surface area contributed by atoms with Gasteiger partial charge < -0.3 is 10.3 Å². The summed E-state index contributed by atoms with van der Waals surface area (Å²) >= 11 is 0. The molecule has 1 aromatic heterocycles. The molecule has 0 spiro atoms. The highest BCUT2D eigenvalue weighted by Crippen LogP contribution is 2.26. The Kier molecular flexibility index (Phi) is 3.23. The van der Waals surface area contributed by atoms with Crippen molar-refractivity contribution in [3.63, 3.8) is 0 Å². The summed E-state index contributed by atoms with van der Waals surface area (Å²) in [5, 5.41) is 14.3. The molecule has 3 rings (SSSR count). The van der Waals surface area contributed by atoms with Crippen molar-refractivity contribution in [3.05, 3.63) is 45.9 Å². The maximum Gasteiger partial charge on any atom is 0.272 e. The summed E-state index contributed by atoms with van der Waals surface area (Å²) in [6.07, 6.45) is 4.19. The molecule has 1 aromatic carbocycles. The molecule has 6 heteroatoms. The van der Waals surface area contributed by atoms with E-state index >= 15 is 0 Å². The first-order chi connectivity index (χ1) is 9.63. The van der Waals surface area contributed by atoms with Gasteiger partial charge >= 0.3 is 0 Å². The van der Waals surface area contributed by atoms with Crippen LogP contribution in [0.1, 0.15) is 24.2 Å². The SMILES string of the molecule is Cc1ccc(-c2cnc(CNC3CC3)[nH]2)cc1[N+](=O)[O-]. The Morgan fingerprint density at radius 2 is 2.30 bits per heavy atom. The van der Waals surface area contributed by atoms with Crippen LogP contribution >= 0.6 is 0 Å². The molecule has 0 amide bonds. The van der Waals surface area contributed by atoms with Crippen molar-refractivity contribution < 1.29 is 4.92 Å². The molecule has 0 bridgehead atoms. The number of aryl methyl sites for hydroxylation is 1. The summed E-state index contributed by atoms with van der Waals surface area (Å²) in [6.45, 7) is 2.44. The van der Waals surface area contributed by atoms with Gasteiger partial charge in [-0.1, -0.05) is 12.1 Å². The van der Waals surface area contributed by atoms with Crippen LogP contribution in [0, 0.1) is 17.0 Å². The summed E-state index contributed by atoms with van der Waals surface area (Å²) in [6, 6.07) is 5.84. The van der Waals surface area contributed by atoms with E-state index in [1.165, 1.54) is 12.8 Å². The molecular formula is C14H16N4O2. The van der Waals surface area contributed by atoms with Gasteiger partial charge in [-0.2, -0.15) is 0 Å². The second kappa shape index (κ2) is 5.05. The van der Waals surface area contributed by atoms with Gasteiger partial charge in [-0.15, -0.1) is 0 Å². The minimum atomic E-state index is -0.356. The van der Waals surface area contributed by atoms with Gasteiger partial charge in [-0.05, 0) is 19.8 Å². The minimum Gasteiger partial charge on any atom is -0.341 e. The normalized spacial score (nSPS) is 14.4. The summed E-state index contributed by atoms with van der Waals surface area (Å²) in [4.78, 5) is 18.1. The first-order valence-electron chi connectivity index (χ1n) is 6.66. The number of nitrogens with zero attached hydrogens (tertiary/aromatic N) is 2. The lowest BCUT2D eigenvalue weighted by molar-refractivity contribution is -0.385. The van der Waals surface area contributed by atoms with Gasteiger partial charge in [0.25, 0.3) is 5.69 Å². The molecule has 0 radical (unpaired) electrons. The van der Waals surface area contributed by atoms with E-state index in [9.17, 15) is 10.1 Å². The number of nitro groups is 1. The van der Waals surface area contributed by atoms with Crippen molar-refractivity contribution in [2.45, 2.75) is 32.4 Å². The molecule has 2 N–H and O–H groups in total.